The third-order valence-electron chi connectivity index (χ3n) is 3.55. The van der Waals surface area contributed by atoms with Crippen molar-refractivity contribution in [1.82, 2.24) is 0 Å². The summed E-state index contributed by atoms with van der Waals surface area (Å²) in [4.78, 5) is 9.29. The van der Waals surface area contributed by atoms with Crippen LogP contribution in [0.2, 0.25) is 0 Å². The summed E-state index contributed by atoms with van der Waals surface area (Å²) in [5.74, 6) is -0.00180. The van der Waals surface area contributed by atoms with Crippen LogP contribution in [-0.2, 0) is 0 Å². The molecular formula is C13H13N3O. The first kappa shape index (κ1) is 10.3. The average Bonchev–Trinajstić information content (AvgIpc) is 2.68. The Labute approximate surface area is 99.0 Å². The van der Waals surface area contributed by atoms with Crippen LogP contribution < -0.4 is 10.7 Å². The molecule has 0 aromatic heterocycles. The summed E-state index contributed by atoms with van der Waals surface area (Å²) in [6.07, 6.45) is 5.41. The molecule has 0 amide bonds. The van der Waals surface area contributed by atoms with Gasteiger partial charge in [0.15, 0.2) is 5.66 Å². The van der Waals surface area contributed by atoms with Crippen LogP contribution in [0, 0.1) is 11.3 Å². The molecule has 0 saturated heterocycles. The summed E-state index contributed by atoms with van der Waals surface area (Å²) in [6.45, 7) is 0. The van der Waals surface area contributed by atoms with E-state index in [-0.39, 0.29) is 17.0 Å². The number of aromatic hydroxyl groups is 1. The van der Waals surface area contributed by atoms with Crippen LogP contribution >= 0.6 is 0 Å². The number of fused-ring (bicyclic) bond motifs is 1. The van der Waals surface area contributed by atoms with Gasteiger partial charge in [-0.2, -0.15) is 5.26 Å². The fourth-order valence-electron chi connectivity index (χ4n) is 2.68. The number of nitrogens with zero attached hydrogens (tertiary/aromatic N) is 3. The average molecular weight is 227 g/mol. The number of nitriles is 1. The number of phenolic OH excluding ortho intramolecular Hbond substituents is 1. The van der Waals surface area contributed by atoms with Crippen molar-refractivity contribution in [2.75, 3.05) is 0 Å². The Hall–Kier alpha value is -1.89. The second-order valence-electron chi connectivity index (χ2n) is 4.71. The van der Waals surface area contributed by atoms with Gasteiger partial charge in [-0.3, -0.25) is 9.98 Å². The number of rotatable bonds is 0. The van der Waals surface area contributed by atoms with Crippen molar-refractivity contribution in [3.63, 3.8) is 0 Å². The van der Waals surface area contributed by atoms with E-state index in [1.54, 1.807) is 6.07 Å². The van der Waals surface area contributed by atoms with Crippen molar-refractivity contribution >= 4 is 0 Å². The van der Waals surface area contributed by atoms with Gasteiger partial charge in [0.2, 0.25) is 0 Å². The number of hydrogen-bond acceptors (Lipinski definition) is 4. The van der Waals surface area contributed by atoms with Crippen LogP contribution in [0.15, 0.2) is 22.1 Å². The predicted octanol–water partition coefficient (Wildman–Crippen LogP) is 1.18. The van der Waals surface area contributed by atoms with E-state index in [1.165, 1.54) is 12.5 Å². The van der Waals surface area contributed by atoms with E-state index in [1.807, 2.05) is 6.07 Å². The van der Waals surface area contributed by atoms with Crippen molar-refractivity contribution in [3.8, 4) is 11.8 Å². The molecule has 4 heteroatoms. The van der Waals surface area contributed by atoms with E-state index in [4.69, 9.17) is 5.26 Å². The highest BCUT2D eigenvalue weighted by atomic mass is 16.3. The highest BCUT2D eigenvalue weighted by Gasteiger charge is 2.33. The Morgan fingerprint density at radius 1 is 1.18 bits per heavy atom. The summed E-state index contributed by atoms with van der Waals surface area (Å²) in [6, 6.07) is 5.29. The maximum atomic E-state index is 9.64. The maximum absolute atomic E-state index is 9.64. The van der Waals surface area contributed by atoms with Crippen LogP contribution in [0.4, 0.5) is 0 Å². The molecule has 1 fully saturated rings. The molecule has 0 radical (unpaired) electrons. The highest BCUT2D eigenvalue weighted by molar-refractivity contribution is 5.41. The van der Waals surface area contributed by atoms with E-state index in [0.717, 1.165) is 31.0 Å². The van der Waals surface area contributed by atoms with Crippen LogP contribution in [0.25, 0.3) is 0 Å². The zero-order chi connectivity index (χ0) is 11.9. The summed E-state index contributed by atoms with van der Waals surface area (Å²) >= 11 is 0. The Balaban J connectivity index is 2.22. The molecule has 1 aromatic carbocycles. The normalized spacial score (nSPS) is 20.2. The zero-order valence-corrected chi connectivity index (χ0v) is 9.48. The van der Waals surface area contributed by atoms with E-state index >= 15 is 0 Å². The summed E-state index contributed by atoms with van der Waals surface area (Å²) in [5, 5.41) is 20.0. The lowest BCUT2D eigenvalue weighted by Crippen LogP contribution is -2.26. The largest absolute Gasteiger partial charge is 0.506 e. The lowest BCUT2D eigenvalue weighted by molar-refractivity contribution is 0.308. The molecule has 1 aliphatic carbocycles. The Morgan fingerprint density at radius 3 is 2.65 bits per heavy atom. The number of hydrogen-bond donors (Lipinski definition) is 1. The number of phenols is 1. The van der Waals surface area contributed by atoms with Gasteiger partial charge >= 0.3 is 0 Å². The lowest BCUT2D eigenvalue weighted by Gasteiger charge is -2.27. The van der Waals surface area contributed by atoms with Gasteiger partial charge in [-0.25, -0.2) is 0 Å². The van der Waals surface area contributed by atoms with Crippen molar-refractivity contribution in [2.45, 2.75) is 37.8 Å². The molecule has 17 heavy (non-hydrogen) atoms. The monoisotopic (exact) mass is 227 g/mol. The quantitative estimate of drug-likeness (QED) is 0.723. The molecule has 1 heterocycles. The molecule has 1 saturated carbocycles. The second kappa shape index (κ2) is 3.56. The molecule has 1 spiro atoms. The molecule has 2 aliphatic rings. The van der Waals surface area contributed by atoms with Crippen LogP contribution in [0.1, 0.15) is 37.7 Å². The third kappa shape index (κ3) is 1.50. The van der Waals surface area contributed by atoms with Gasteiger partial charge in [0.05, 0.1) is 5.36 Å². The molecule has 1 aromatic rings. The van der Waals surface area contributed by atoms with Crippen molar-refractivity contribution in [2.24, 2.45) is 9.98 Å². The van der Waals surface area contributed by atoms with E-state index in [9.17, 15) is 5.11 Å². The minimum Gasteiger partial charge on any atom is -0.506 e. The predicted molar refractivity (Wildman–Crippen MR) is 60.9 cm³/mol. The molecule has 0 bridgehead atoms. The van der Waals surface area contributed by atoms with Gasteiger partial charge in [-0.1, -0.05) is 6.42 Å². The maximum Gasteiger partial charge on any atom is 0.151 e. The first-order valence-corrected chi connectivity index (χ1v) is 5.96. The van der Waals surface area contributed by atoms with Crippen LogP contribution in [0.5, 0.6) is 5.75 Å². The smallest absolute Gasteiger partial charge is 0.151 e. The zero-order valence-electron chi connectivity index (χ0n) is 9.48. The fraction of sp³-hybridized carbons (Fsp3) is 0.462. The minimum atomic E-state index is -0.347. The van der Waals surface area contributed by atoms with Gasteiger partial charge in [-0.15, -0.1) is 0 Å². The topological polar surface area (TPSA) is 68.7 Å². The highest BCUT2D eigenvalue weighted by Crippen LogP contribution is 2.33. The molecule has 3 rings (SSSR count). The fourth-order valence-corrected chi connectivity index (χ4v) is 2.68. The molecule has 1 aliphatic heterocycles. The van der Waals surface area contributed by atoms with Gasteiger partial charge < -0.3 is 5.11 Å². The first-order valence-electron chi connectivity index (χ1n) is 5.96. The van der Waals surface area contributed by atoms with Crippen LogP contribution in [0.3, 0.4) is 0 Å². The van der Waals surface area contributed by atoms with Crippen LogP contribution in [-0.4, -0.2) is 10.8 Å². The summed E-state index contributed by atoms with van der Waals surface area (Å²) in [5.41, 5.74) is -0.0892. The van der Waals surface area contributed by atoms with Crippen molar-refractivity contribution in [1.29, 1.82) is 5.26 Å². The minimum absolute atomic E-state index is 0.00180. The molecule has 0 unspecified atom stereocenters. The molecular weight excluding hydrogens is 214 g/mol. The third-order valence-corrected chi connectivity index (χ3v) is 3.55. The van der Waals surface area contributed by atoms with Gasteiger partial charge in [0, 0.05) is 0 Å². The van der Waals surface area contributed by atoms with Crippen molar-refractivity contribution in [3.05, 3.63) is 28.4 Å². The summed E-state index contributed by atoms with van der Waals surface area (Å²) in [7, 11) is 0. The molecule has 0 atom stereocenters. The van der Waals surface area contributed by atoms with Gasteiger partial charge in [-0.05, 0) is 37.8 Å². The Kier molecular flexibility index (Phi) is 2.15. The van der Waals surface area contributed by atoms with Gasteiger partial charge in [0.1, 0.15) is 22.7 Å². The summed E-state index contributed by atoms with van der Waals surface area (Å²) < 4.78 is 0. The second-order valence-corrected chi connectivity index (χ2v) is 4.71. The Morgan fingerprint density at radius 2 is 1.94 bits per heavy atom. The van der Waals surface area contributed by atoms with E-state index in [0.29, 0.717) is 5.36 Å². The van der Waals surface area contributed by atoms with Crippen molar-refractivity contribution < 1.29 is 5.11 Å². The standard InChI is InChI=1S/C13H13N3O/c14-8-9-11(17)5-4-10-12(9)16-13(15-10)6-2-1-3-7-13/h4-5,17H,1-3,6-7H2. The Bertz CT molecular complexity index is 621. The van der Waals surface area contributed by atoms with Gasteiger partial charge in [0.25, 0.3) is 0 Å². The SMILES string of the molecule is N#Cc1c(O)ccc2c1=NC1(CCCCC1)N=2. The van der Waals surface area contributed by atoms with E-state index < -0.39 is 0 Å². The molecule has 86 valence electrons. The number of benzene rings is 1. The molecule has 1 N–H and O–H groups in total. The molecule has 4 nitrogen and oxygen atoms in total. The van der Waals surface area contributed by atoms with E-state index in [2.05, 4.69) is 9.98 Å². The lowest BCUT2D eigenvalue weighted by atomic mass is 9.90. The first-order chi connectivity index (χ1) is 8.24.